The highest BCUT2D eigenvalue weighted by atomic mass is 16.5. The van der Waals surface area contributed by atoms with E-state index >= 15 is 0 Å². The summed E-state index contributed by atoms with van der Waals surface area (Å²) in [6.45, 7) is 2.49. The number of nitrogens with one attached hydrogen (secondary N) is 2. The van der Waals surface area contributed by atoms with Crippen LogP contribution in [0.1, 0.15) is 11.3 Å². The summed E-state index contributed by atoms with van der Waals surface area (Å²) in [5.41, 5.74) is 2.72. The maximum atomic E-state index is 5.39. The second-order valence-corrected chi connectivity index (χ2v) is 6.08. The van der Waals surface area contributed by atoms with Crippen molar-refractivity contribution in [2.45, 2.75) is 13.5 Å². The predicted molar refractivity (Wildman–Crippen MR) is 110 cm³/mol. The first-order valence-electron chi connectivity index (χ1n) is 8.83. The first-order valence-corrected chi connectivity index (χ1v) is 8.83. The topological polar surface area (TPSA) is 77.5 Å². The van der Waals surface area contributed by atoms with Crippen LogP contribution < -0.4 is 24.8 Å². The number of methoxy groups -OCH3 is 3. The van der Waals surface area contributed by atoms with Crippen LogP contribution in [-0.4, -0.2) is 31.3 Å². The molecular formula is C21H24N4O3. The van der Waals surface area contributed by atoms with Gasteiger partial charge in [0.1, 0.15) is 11.6 Å². The van der Waals surface area contributed by atoms with Crippen molar-refractivity contribution in [2.24, 2.45) is 0 Å². The molecule has 0 spiro atoms. The monoisotopic (exact) mass is 380 g/mol. The van der Waals surface area contributed by atoms with Crippen LogP contribution >= 0.6 is 0 Å². The van der Waals surface area contributed by atoms with Crippen LogP contribution in [-0.2, 0) is 6.54 Å². The lowest BCUT2D eigenvalue weighted by Gasteiger charge is -2.13. The van der Waals surface area contributed by atoms with E-state index in [1.165, 1.54) is 0 Å². The van der Waals surface area contributed by atoms with Crippen molar-refractivity contribution in [1.29, 1.82) is 0 Å². The van der Waals surface area contributed by atoms with Gasteiger partial charge in [-0.1, -0.05) is 18.2 Å². The molecule has 0 aliphatic heterocycles. The quantitative estimate of drug-likeness (QED) is 0.607. The number of rotatable bonds is 8. The zero-order valence-electron chi connectivity index (χ0n) is 16.4. The summed E-state index contributed by atoms with van der Waals surface area (Å²) in [5.74, 6) is 3.36. The second-order valence-electron chi connectivity index (χ2n) is 6.08. The van der Waals surface area contributed by atoms with Crippen LogP contribution in [0.3, 0.4) is 0 Å². The average molecular weight is 380 g/mol. The third kappa shape index (κ3) is 4.62. The van der Waals surface area contributed by atoms with E-state index in [9.17, 15) is 0 Å². The molecule has 0 amide bonds. The maximum absolute atomic E-state index is 5.39. The molecule has 0 fully saturated rings. The Balaban J connectivity index is 1.76. The molecule has 28 heavy (non-hydrogen) atoms. The van der Waals surface area contributed by atoms with Gasteiger partial charge in [0.2, 0.25) is 5.95 Å². The van der Waals surface area contributed by atoms with Crippen molar-refractivity contribution in [2.75, 3.05) is 32.0 Å². The zero-order valence-corrected chi connectivity index (χ0v) is 16.4. The highest BCUT2D eigenvalue weighted by molar-refractivity contribution is 5.62. The normalized spacial score (nSPS) is 10.3. The standard InChI is InChI=1S/C21H24N4O3/c1-14-11-20(24-16-9-10-18(27-3)19(12-16)28-4)25-21(23-14)22-13-15-7-5-6-8-17(15)26-2/h5-12H,13H2,1-4H3,(H2,22,23,24,25). The number of para-hydroxylation sites is 1. The Morgan fingerprint density at radius 2 is 1.57 bits per heavy atom. The number of benzene rings is 2. The molecule has 0 atom stereocenters. The van der Waals surface area contributed by atoms with Gasteiger partial charge in [0.25, 0.3) is 0 Å². The van der Waals surface area contributed by atoms with Gasteiger partial charge in [0.05, 0.1) is 21.3 Å². The first kappa shape index (κ1) is 19.3. The summed E-state index contributed by atoms with van der Waals surface area (Å²) in [4.78, 5) is 9.01. The highest BCUT2D eigenvalue weighted by Gasteiger charge is 2.08. The molecule has 146 valence electrons. The molecule has 7 heteroatoms. The van der Waals surface area contributed by atoms with Crippen molar-refractivity contribution in [3.05, 3.63) is 59.8 Å². The zero-order chi connectivity index (χ0) is 19.9. The van der Waals surface area contributed by atoms with E-state index in [0.29, 0.717) is 29.8 Å². The molecule has 0 aliphatic rings. The molecule has 0 aliphatic carbocycles. The molecule has 0 saturated heterocycles. The van der Waals surface area contributed by atoms with Crippen LogP contribution in [0.15, 0.2) is 48.5 Å². The molecule has 3 aromatic rings. The van der Waals surface area contributed by atoms with E-state index in [2.05, 4.69) is 20.6 Å². The Labute approximate surface area is 164 Å². The Morgan fingerprint density at radius 1 is 0.821 bits per heavy atom. The predicted octanol–water partition coefficient (Wildman–Crippen LogP) is 4.17. The van der Waals surface area contributed by atoms with Gasteiger partial charge in [0, 0.05) is 35.6 Å². The summed E-state index contributed by atoms with van der Waals surface area (Å²) in [7, 11) is 4.88. The molecule has 3 rings (SSSR count). The summed E-state index contributed by atoms with van der Waals surface area (Å²) in [5, 5.41) is 6.54. The fourth-order valence-electron chi connectivity index (χ4n) is 2.80. The van der Waals surface area contributed by atoms with E-state index in [-0.39, 0.29) is 0 Å². The van der Waals surface area contributed by atoms with Crippen molar-refractivity contribution in [3.63, 3.8) is 0 Å². The number of aromatic nitrogens is 2. The minimum absolute atomic E-state index is 0.536. The van der Waals surface area contributed by atoms with E-state index in [0.717, 1.165) is 22.7 Å². The Hall–Kier alpha value is -3.48. The second kappa shape index (κ2) is 8.94. The van der Waals surface area contributed by atoms with Gasteiger partial charge < -0.3 is 24.8 Å². The van der Waals surface area contributed by atoms with Crippen molar-refractivity contribution in [1.82, 2.24) is 9.97 Å². The SMILES string of the molecule is COc1ccccc1CNc1nc(C)cc(Nc2ccc(OC)c(OC)c2)n1. The lowest BCUT2D eigenvalue weighted by molar-refractivity contribution is 0.355. The molecule has 0 radical (unpaired) electrons. The smallest absolute Gasteiger partial charge is 0.225 e. The average Bonchev–Trinajstić information content (AvgIpc) is 2.72. The molecule has 7 nitrogen and oxygen atoms in total. The first-order chi connectivity index (χ1) is 13.6. The minimum atomic E-state index is 0.536. The Bertz CT molecular complexity index is 947. The van der Waals surface area contributed by atoms with Crippen molar-refractivity contribution < 1.29 is 14.2 Å². The molecule has 0 unspecified atom stereocenters. The minimum Gasteiger partial charge on any atom is -0.496 e. The van der Waals surface area contributed by atoms with Gasteiger partial charge in [-0.15, -0.1) is 0 Å². The number of ether oxygens (including phenoxy) is 3. The maximum Gasteiger partial charge on any atom is 0.225 e. The molecule has 1 aromatic heterocycles. The summed E-state index contributed by atoms with van der Waals surface area (Å²) in [6.07, 6.45) is 0. The largest absolute Gasteiger partial charge is 0.496 e. The van der Waals surface area contributed by atoms with Crippen molar-refractivity contribution >= 4 is 17.5 Å². The van der Waals surface area contributed by atoms with E-state index in [4.69, 9.17) is 14.2 Å². The molecule has 0 bridgehead atoms. The summed E-state index contributed by atoms with van der Waals surface area (Å²) in [6, 6.07) is 15.3. The molecule has 1 heterocycles. The number of hydrogen-bond acceptors (Lipinski definition) is 7. The van der Waals surface area contributed by atoms with Crippen molar-refractivity contribution in [3.8, 4) is 17.2 Å². The summed E-state index contributed by atoms with van der Waals surface area (Å²) < 4.78 is 16.0. The lowest BCUT2D eigenvalue weighted by Crippen LogP contribution is -2.07. The van der Waals surface area contributed by atoms with Crippen LogP contribution in [0, 0.1) is 6.92 Å². The van der Waals surface area contributed by atoms with Crippen LogP contribution in [0.25, 0.3) is 0 Å². The van der Waals surface area contributed by atoms with Gasteiger partial charge in [-0.2, -0.15) is 4.98 Å². The number of anilines is 3. The van der Waals surface area contributed by atoms with E-state index in [1.54, 1.807) is 21.3 Å². The van der Waals surface area contributed by atoms with Gasteiger partial charge in [-0.05, 0) is 25.1 Å². The number of hydrogen-bond donors (Lipinski definition) is 2. The van der Waals surface area contributed by atoms with Crippen LogP contribution in [0.5, 0.6) is 17.2 Å². The third-order valence-electron chi connectivity index (χ3n) is 4.14. The fourth-order valence-corrected chi connectivity index (χ4v) is 2.80. The molecule has 2 N–H and O–H groups in total. The van der Waals surface area contributed by atoms with E-state index < -0.39 is 0 Å². The highest BCUT2D eigenvalue weighted by Crippen LogP contribution is 2.31. The van der Waals surface area contributed by atoms with Gasteiger partial charge in [-0.3, -0.25) is 0 Å². The van der Waals surface area contributed by atoms with Gasteiger partial charge in [-0.25, -0.2) is 4.98 Å². The summed E-state index contributed by atoms with van der Waals surface area (Å²) >= 11 is 0. The lowest BCUT2D eigenvalue weighted by atomic mass is 10.2. The number of aryl methyl sites for hydroxylation is 1. The van der Waals surface area contributed by atoms with E-state index in [1.807, 2.05) is 55.5 Å². The Morgan fingerprint density at radius 3 is 2.32 bits per heavy atom. The molecular weight excluding hydrogens is 356 g/mol. The van der Waals surface area contributed by atoms with Crippen LogP contribution in [0.2, 0.25) is 0 Å². The third-order valence-corrected chi connectivity index (χ3v) is 4.14. The molecule has 2 aromatic carbocycles. The molecule has 0 saturated carbocycles. The fraction of sp³-hybridized carbons (Fsp3) is 0.238. The number of nitrogens with zero attached hydrogens (tertiary/aromatic N) is 2. The van der Waals surface area contributed by atoms with Crippen LogP contribution in [0.4, 0.5) is 17.5 Å². The van der Waals surface area contributed by atoms with Gasteiger partial charge in [0.15, 0.2) is 11.5 Å². The van der Waals surface area contributed by atoms with Gasteiger partial charge >= 0.3 is 0 Å². The Kier molecular flexibility index (Phi) is 6.16.